The molecule has 4 heterocycles. The van der Waals surface area contributed by atoms with Gasteiger partial charge in [0, 0.05) is 54.8 Å². The van der Waals surface area contributed by atoms with Gasteiger partial charge in [0.15, 0.2) is 0 Å². The Kier molecular flexibility index (Phi) is 6.64. The summed E-state index contributed by atoms with van der Waals surface area (Å²) >= 11 is 0. The van der Waals surface area contributed by atoms with Crippen LogP contribution in [0.15, 0.2) is 95.8 Å². The van der Waals surface area contributed by atoms with Gasteiger partial charge >= 0.3 is 0 Å². The van der Waals surface area contributed by atoms with Crippen LogP contribution >= 0.6 is 0 Å². The van der Waals surface area contributed by atoms with Crippen LogP contribution in [0.2, 0.25) is 0 Å². The first-order valence-electron chi connectivity index (χ1n) is 14.8. The van der Waals surface area contributed by atoms with Crippen LogP contribution in [-0.2, 0) is 13.1 Å². The number of aliphatic hydroxyl groups excluding tert-OH is 1. The number of β-amino-alcohol motifs (C(OH)–C–C–N with tert-alkyl or cyclic N) is 1. The lowest BCUT2D eigenvalue weighted by molar-refractivity contribution is 0.0555. The van der Waals surface area contributed by atoms with E-state index in [1.54, 1.807) is 6.07 Å². The highest BCUT2D eigenvalue weighted by Crippen LogP contribution is 2.43. The van der Waals surface area contributed by atoms with Gasteiger partial charge in [0.2, 0.25) is 0 Å². The van der Waals surface area contributed by atoms with Crippen molar-refractivity contribution in [2.45, 2.75) is 45.4 Å². The summed E-state index contributed by atoms with van der Waals surface area (Å²) in [6, 6.07) is 31.5. The first-order valence-corrected chi connectivity index (χ1v) is 14.8. The number of aryl methyl sites for hydroxylation is 2. The molecular formula is C36H37N3O2. The fraction of sp³-hybridized carbons (Fsp3) is 0.306. The summed E-state index contributed by atoms with van der Waals surface area (Å²) in [6.45, 7) is 8.05. The summed E-state index contributed by atoms with van der Waals surface area (Å²) < 4.78 is 4.34. The second-order valence-electron chi connectivity index (χ2n) is 12.1. The predicted molar refractivity (Wildman–Crippen MR) is 166 cm³/mol. The Morgan fingerprint density at radius 3 is 2.32 bits per heavy atom. The zero-order valence-corrected chi connectivity index (χ0v) is 23.8. The normalized spacial score (nSPS) is 19.3. The molecule has 2 aromatic heterocycles. The second-order valence-corrected chi connectivity index (χ2v) is 12.1. The van der Waals surface area contributed by atoms with Crippen molar-refractivity contribution >= 4 is 10.9 Å². The number of aromatic nitrogens is 2. The van der Waals surface area contributed by atoms with E-state index in [-0.39, 0.29) is 5.56 Å². The predicted octanol–water partition coefficient (Wildman–Crippen LogP) is 6.23. The van der Waals surface area contributed by atoms with Crippen LogP contribution in [0.25, 0.3) is 33.3 Å². The molecule has 2 aliphatic rings. The molecule has 3 aromatic carbocycles. The summed E-state index contributed by atoms with van der Waals surface area (Å²) in [5.41, 5.74) is 9.63. The lowest BCUT2D eigenvalue weighted by atomic mass is 9.83. The van der Waals surface area contributed by atoms with Gasteiger partial charge in [-0.1, -0.05) is 78.4 Å². The summed E-state index contributed by atoms with van der Waals surface area (Å²) in [6.07, 6.45) is 0.587. The van der Waals surface area contributed by atoms with Gasteiger partial charge in [-0.3, -0.25) is 9.69 Å². The molecule has 7 rings (SSSR count). The summed E-state index contributed by atoms with van der Waals surface area (Å²) in [5, 5.41) is 12.9. The largest absolute Gasteiger partial charge is 0.390 e. The monoisotopic (exact) mass is 543 g/mol. The van der Waals surface area contributed by atoms with E-state index in [0.717, 1.165) is 43.0 Å². The lowest BCUT2D eigenvalue weighted by Gasteiger charge is -2.43. The Hall–Kier alpha value is -3.93. The van der Waals surface area contributed by atoms with Crippen molar-refractivity contribution in [3.63, 3.8) is 0 Å². The lowest BCUT2D eigenvalue weighted by Crippen LogP contribution is -2.49. The van der Waals surface area contributed by atoms with Crippen molar-refractivity contribution in [2.75, 3.05) is 19.6 Å². The number of benzene rings is 3. The van der Waals surface area contributed by atoms with Gasteiger partial charge in [0.1, 0.15) is 0 Å². The highest BCUT2D eigenvalue weighted by molar-refractivity contribution is 6.06. The summed E-state index contributed by atoms with van der Waals surface area (Å²) in [4.78, 5) is 14.9. The number of likely N-dealkylation sites (tertiary alicyclic amines) is 1. The van der Waals surface area contributed by atoms with Gasteiger partial charge in [-0.2, -0.15) is 0 Å². The van der Waals surface area contributed by atoms with Gasteiger partial charge in [0.25, 0.3) is 5.56 Å². The van der Waals surface area contributed by atoms with E-state index in [2.05, 4.69) is 102 Å². The van der Waals surface area contributed by atoms with E-state index in [4.69, 9.17) is 0 Å². The van der Waals surface area contributed by atoms with E-state index < -0.39 is 6.10 Å². The fourth-order valence-electron chi connectivity index (χ4n) is 7.57. The van der Waals surface area contributed by atoms with Crippen molar-refractivity contribution in [1.29, 1.82) is 0 Å². The van der Waals surface area contributed by atoms with Gasteiger partial charge in [-0.15, -0.1) is 0 Å². The summed E-state index contributed by atoms with van der Waals surface area (Å²) in [5.74, 6) is 0.779. The minimum Gasteiger partial charge on any atom is -0.390 e. The molecule has 5 nitrogen and oxygen atoms in total. The number of hydrogen-bond donors (Lipinski definition) is 1. The van der Waals surface area contributed by atoms with E-state index >= 15 is 0 Å². The zero-order chi connectivity index (χ0) is 28.1. The molecule has 5 aromatic rings. The molecule has 0 radical (unpaired) electrons. The van der Waals surface area contributed by atoms with Gasteiger partial charge in [-0.25, -0.2) is 0 Å². The van der Waals surface area contributed by atoms with Crippen molar-refractivity contribution in [1.82, 2.24) is 14.0 Å². The van der Waals surface area contributed by atoms with Crippen molar-refractivity contribution in [3.05, 3.63) is 118 Å². The SMILES string of the molecule is Cc1cc(C)c2c(c1)c(-c1ccccc1)c(-c1ccccc1)n2C[C@H](O)CN1C[C@H]2C[C@H](C1)c1cccc(=O)n1C2. The van der Waals surface area contributed by atoms with Gasteiger partial charge in [-0.05, 0) is 55.0 Å². The number of nitrogens with zero attached hydrogens (tertiary/aromatic N) is 3. The number of rotatable bonds is 6. The molecule has 0 spiro atoms. The van der Waals surface area contributed by atoms with Crippen LogP contribution in [-0.4, -0.2) is 44.9 Å². The van der Waals surface area contributed by atoms with Gasteiger partial charge < -0.3 is 14.2 Å². The molecule has 1 saturated heterocycles. The minimum absolute atomic E-state index is 0.110. The average molecular weight is 544 g/mol. The van der Waals surface area contributed by atoms with Crippen LogP contribution in [0, 0.1) is 19.8 Å². The second kappa shape index (κ2) is 10.5. The standard InChI is InChI=1S/C36H37N3O2/c1-24-16-25(2)35-31(17-24)34(27-10-5-3-6-11-27)36(28-12-7-4-8-13-28)39(35)23-30(40)22-37-19-26-18-29(21-37)32-14-9-15-33(41)38(32)20-26/h3-17,26,29-30,40H,18-23H2,1-2H3/t26-,29-,30-/m1/s1. The number of piperidine rings is 1. The highest BCUT2D eigenvalue weighted by Gasteiger charge is 2.35. The van der Waals surface area contributed by atoms with E-state index in [0.29, 0.717) is 24.9 Å². The van der Waals surface area contributed by atoms with E-state index in [9.17, 15) is 9.90 Å². The van der Waals surface area contributed by atoms with E-state index in [1.807, 2.05) is 10.6 Å². The Labute approximate surface area is 241 Å². The van der Waals surface area contributed by atoms with Crippen LogP contribution in [0.5, 0.6) is 0 Å². The average Bonchev–Trinajstić information content (AvgIpc) is 3.28. The number of hydrogen-bond acceptors (Lipinski definition) is 3. The highest BCUT2D eigenvalue weighted by atomic mass is 16.3. The molecule has 2 aliphatic heterocycles. The molecule has 1 N–H and O–H groups in total. The molecule has 41 heavy (non-hydrogen) atoms. The molecule has 0 amide bonds. The Morgan fingerprint density at radius 1 is 0.829 bits per heavy atom. The number of pyridine rings is 1. The smallest absolute Gasteiger partial charge is 0.250 e. The van der Waals surface area contributed by atoms with Crippen LogP contribution in [0.3, 0.4) is 0 Å². The molecular weight excluding hydrogens is 506 g/mol. The van der Waals surface area contributed by atoms with Gasteiger partial charge in [0.05, 0.1) is 23.9 Å². The first-order chi connectivity index (χ1) is 20.0. The maximum absolute atomic E-state index is 12.5. The third kappa shape index (κ3) is 4.73. The number of fused-ring (bicyclic) bond motifs is 5. The van der Waals surface area contributed by atoms with Crippen LogP contribution < -0.4 is 5.56 Å². The first kappa shape index (κ1) is 26.0. The molecule has 0 saturated carbocycles. The van der Waals surface area contributed by atoms with Crippen molar-refractivity contribution < 1.29 is 5.11 Å². The topological polar surface area (TPSA) is 50.4 Å². The Morgan fingerprint density at radius 2 is 1.56 bits per heavy atom. The molecule has 0 unspecified atom stereocenters. The van der Waals surface area contributed by atoms with Crippen LogP contribution in [0.1, 0.15) is 29.2 Å². The Balaban J connectivity index is 1.27. The third-order valence-electron chi connectivity index (χ3n) is 9.02. The minimum atomic E-state index is -0.533. The quantitative estimate of drug-likeness (QED) is 0.276. The summed E-state index contributed by atoms with van der Waals surface area (Å²) in [7, 11) is 0. The number of aliphatic hydroxyl groups is 1. The fourth-order valence-corrected chi connectivity index (χ4v) is 7.57. The molecule has 3 atom stereocenters. The van der Waals surface area contributed by atoms with E-state index in [1.165, 1.54) is 33.2 Å². The molecule has 5 heteroatoms. The maximum atomic E-state index is 12.5. The molecule has 0 aliphatic carbocycles. The third-order valence-corrected chi connectivity index (χ3v) is 9.02. The molecule has 2 bridgehead atoms. The maximum Gasteiger partial charge on any atom is 0.250 e. The van der Waals surface area contributed by atoms with Crippen molar-refractivity contribution in [3.8, 4) is 22.4 Å². The van der Waals surface area contributed by atoms with Crippen molar-refractivity contribution in [2.24, 2.45) is 5.92 Å². The molecule has 208 valence electrons. The molecule has 1 fully saturated rings. The zero-order valence-electron chi connectivity index (χ0n) is 23.8. The Bertz CT molecular complexity index is 1770. The van der Waals surface area contributed by atoms with Crippen LogP contribution in [0.4, 0.5) is 0 Å².